The van der Waals surface area contributed by atoms with Gasteiger partial charge in [-0.25, -0.2) is 4.98 Å². The van der Waals surface area contributed by atoms with Crippen LogP contribution in [0.2, 0.25) is 5.02 Å². The quantitative estimate of drug-likeness (QED) is 0.332. The standard InChI is InChI=1S/C23H22BrClN4/c1-14-10-15(2)22(19(25)11-14)28-23-27-20-12-16(4-9-21(20)29(23)3)13-26-18-7-5-17(24)6-8-18/h4-12,26H,13H2,1-3H3,(H,27,28). The van der Waals surface area contributed by atoms with Crippen LogP contribution in [0.25, 0.3) is 11.0 Å². The van der Waals surface area contributed by atoms with Gasteiger partial charge in [0.1, 0.15) is 0 Å². The molecule has 148 valence electrons. The first-order chi connectivity index (χ1) is 13.9. The van der Waals surface area contributed by atoms with Crippen LogP contribution >= 0.6 is 27.5 Å². The molecule has 4 rings (SSSR count). The molecule has 0 bridgehead atoms. The van der Waals surface area contributed by atoms with E-state index in [2.05, 4.69) is 74.5 Å². The topological polar surface area (TPSA) is 41.9 Å². The van der Waals surface area contributed by atoms with Crippen molar-refractivity contribution in [3.63, 3.8) is 0 Å². The van der Waals surface area contributed by atoms with Gasteiger partial charge in [0.15, 0.2) is 0 Å². The van der Waals surface area contributed by atoms with Gasteiger partial charge in [0.2, 0.25) is 5.95 Å². The van der Waals surface area contributed by atoms with Gasteiger partial charge in [0, 0.05) is 23.8 Å². The maximum atomic E-state index is 6.46. The third-order valence-corrected chi connectivity index (χ3v) is 5.78. The van der Waals surface area contributed by atoms with Gasteiger partial charge in [-0.2, -0.15) is 0 Å². The molecule has 1 aromatic heterocycles. The Morgan fingerprint density at radius 2 is 1.79 bits per heavy atom. The first-order valence-electron chi connectivity index (χ1n) is 9.39. The Kier molecular flexibility index (Phi) is 5.52. The Morgan fingerprint density at radius 1 is 1.03 bits per heavy atom. The highest BCUT2D eigenvalue weighted by Gasteiger charge is 2.12. The zero-order valence-electron chi connectivity index (χ0n) is 16.6. The zero-order valence-corrected chi connectivity index (χ0v) is 18.9. The first kappa shape index (κ1) is 19.8. The number of imidazole rings is 1. The number of nitrogens with one attached hydrogen (secondary N) is 2. The lowest BCUT2D eigenvalue weighted by Gasteiger charge is -2.12. The lowest BCUT2D eigenvalue weighted by atomic mass is 10.1. The molecule has 0 unspecified atom stereocenters. The Labute approximate surface area is 184 Å². The van der Waals surface area contributed by atoms with E-state index in [1.807, 2.05) is 32.2 Å². The summed E-state index contributed by atoms with van der Waals surface area (Å²) in [5.74, 6) is 0.770. The van der Waals surface area contributed by atoms with Crippen molar-refractivity contribution in [2.45, 2.75) is 20.4 Å². The van der Waals surface area contributed by atoms with Crippen molar-refractivity contribution in [1.82, 2.24) is 9.55 Å². The van der Waals surface area contributed by atoms with E-state index in [0.717, 1.165) is 50.5 Å². The van der Waals surface area contributed by atoms with Gasteiger partial charge in [0.05, 0.1) is 21.7 Å². The zero-order chi connectivity index (χ0) is 20.5. The minimum atomic E-state index is 0.703. The molecule has 0 aliphatic heterocycles. The van der Waals surface area contributed by atoms with Crippen molar-refractivity contribution in [2.24, 2.45) is 7.05 Å². The highest BCUT2D eigenvalue weighted by atomic mass is 79.9. The number of fused-ring (bicyclic) bond motifs is 1. The van der Waals surface area contributed by atoms with Crippen molar-refractivity contribution in [1.29, 1.82) is 0 Å². The fourth-order valence-corrected chi connectivity index (χ4v) is 4.06. The molecule has 0 fully saturated rings. The highest BCUT2D eigenvalue weighted by Crippen LogP contribution is 2.31. The summed E-state index contributed by atoms with van der Waals surface area (Å²) in [7, 11) is 2.01. The van der Waals surface area contributed by atoms with E-state index in [1.54, 1.807) is 0 Å². The second-order valence-electron chi connectivity index (χ2n) is 7.24. The number of hydrogen-bond acceptors (Lipinski definition) is 3. The van der Waals surface area contributed by atoms with E-state index in [9.17, 15) is 0 Å². The Hall–Kier alpha value is -2.50. The molecule has 0 saturated heterocycles. The summed E-state index contributed by atoms with van der Waals surface area (Å²) in [5, 5.41) is 7.56. The maximum Gasteiger partial charge on any atom is 0.208 e. The van der Waals surface area contributed by atoms with Crippen molar-refractivity contribution in [3.05, 3.63) is 80.8 Å². The molecule has 0 aliphatic carbocycles. The molecule has 4 nitrogen and oxygen atoms in total. The van der Waals surface area contributed by atoms with Crippen LogP contribution in [-0.4, -0.2) is 9.55 Å². The first-order valence-corrected chi connectivity index (χ1v) is 10.6. The normalized spacial score (nSPS) is 11.1. The number of aromatic nitrogens is 2. The Balaban J connectivity index is 1.58. The lowest BCUT2D eigenvalue weighted by Crippen LogP contribution is -2.01. The average Bonchev–Trinajstić information content (AvgIpc) is 2.99. The molecule has 0 spiro atoms. The third kappa shape index (κ3) is 4.26. The summed E-state index contributed by atoms with van der Waals surface area (Å²) in [6.07, 6.45) is 0. The van der Waals surface area contributed by atoms with Crippen LogP contribution in [0.4, 0.5) is 17.3 Å². The molecule has 6 heteroatoms. The smallest absolute Gasteiger partial charge is 0.208 e. The minimum Gasteiger partial charge on any atom is -0.381 e. The van der Waals surface area contributed by atoms with Crippen LogP contribution in [0.3, 0.4) is 0 Å². The van der Waals surface area contributed by atoms with Gasteiger partial charge in [-0.3, -0.25) is 0 Å². The third-order valence-electron chi connectivity index (χ3n) is 4.95. The molecule has 0 amide bonds. The maximum absolute atomic E-state index is 6.46. The van der Waals surface area contributed by atoms with Crippen molar-refractivity contribution in [3.8, 4) is 0 Å². The summed E-state index contributed by atoms with van der Waals surface area (Å²) >= 11 is 9.92. The molecule has 1 heterocycles. The minimum absolute atomic E-state index is 0.703. The monoisotopic (exact) mass is 468 g/mol. The summed E-state index contributed by atoms with van der Waals surface area (Å²) < 4.78 is 3.12. The van der Waals surface area contributed by atoms with Crippen LogP contribution in [0.15, 0.2) is 59.1 Å². The molecule has 0 radical (unpaired) electrons. The van der Waals surface area contributed by atoms with Crippen molar-refractivity contribution >= 4 is 55.9 Å². The molecular formula is C23H22BrClN4. The second kappa shape index (κ2) is 8.09. The number of halogens is 2. The van der Waals surface area contributed by atoms with Gasteiger partial charge in [-0.1, -0.05) is 39.7 Å². The number of benzene rings is 3. The summed E-state index contributed by atoms with van der Waals surface area (Å²) in [4.78, 5) is 4.80. The van der Waals surface area contributed by atoms with Gasteiger partial charge in [-0.15, -0.1) is 0 Å². The van der Waals surface area contributed by atoms with Crippen LogP contribution in [0, 0.1) is 13.8 Å². The van der Waals surface area contributed by atoms with Crippen LogP contribution in [0.1, 0.15) is 16.7 Å². The lowest BCUT2D eigenvalue weighted by molar-refractivity contribution is 0.957. The van der Waals surface area contributed by atoms with Crippen molar-refractivity contribution < 1.29 is 0 Å². The van der Waals surface area contributed by atoms with E-state index < -0.39 is 0 Å². The molecule has 0 aliphatic rings. The molecule has 29 heavy (non-hydrogen) atoms. The number of anilines is 3. The molecule has 4 aromatic rings. The Bertz CT molecular complexity index is 1160. The predicted octanol–water partition coefficient (Wildman–Crippen LogP) is 6.96. The fourth-order valence-electron chi connectivity index (χ4n) is 3.42. The van der Waals surface area contributed by atoms with Gasteiger partial charge >= 0.3 is 0 Å². The van der Waals surface area contributed by atoms with Gasteiger partial charge < -0.3 is 15.2 Å². The van der Waals surface area contributed by atoms with Crippen molar-refractivity contribution in [2.75, 3.05) is 10.6 Å². The number of hydrogen-bond donors (Lipinski definition) is 2. The summed E-state index contributed by atoms with van der Waals surface area (Å²) in [5.41, 5.74) is 7.42. The number of aryl methyl sites for hydroxylation is 3. The van der Waals surface area contributed by atoms with E-state index >= 15 is 0 Å². The molecule has 0 atom stereocenters. The SMILES string of the molecule is Cc1cc(C)c(Nc2nc3cc(CNc4ccc(Br)cc4)ccc3n2C)c(Cl)c1. The molecule has 0 saturated carbocycles. The molecule has 2 N–H and O–H groups in total. The van der Waals surface area contributed by atoms with E-state index in [1.165, 1.54) is 5.56 Å². The van der Waals surface area contributed by atoms with Crippen LogP contribution in [0.5, 0.6) is 0 Å². The van der Waals surface area contributed by atoms with Gasteiger partial charge in [0.25, 0.3) is 0 Å². The summed E-state index contributed by atoms with van der Waals surface area (Å²) in [6, 6.07) is 18.6. The fraction of sp³-hybridized carbons (Fsp3) is 0.174. The van der Waals surface area contributed by atoms with E-state index in [0.29, 0.717) is 5.02 Å². The summed E-state index contributed by atoms with van der Waals surface area (Å²) in [6.45, 7) is 4.83. The Morgan fingerprint density at radius 3 is 2.52 bits per heavy atom. The average molecular weight is 470 g/mol. The van der Waals surface area contributed by atoms with Gasteiger partial charge in [-0.05, 0) is 73.0 Å². The van der Waals surface area contributed by atoms with Crippen LogP contribution < -0.4 is 10.6 Å². The molecular weight excluding hydrogens is 448 g/mol. The van der Waals surface area contributed by atoms with E-state index in [4.69, 9.17) is 16.6 Å². The van der Waals surface area contributed by atoms with E-state index in [-0.39, 0.29) is 0 Å². The number of rotatable bonds is 5. The predicted molar refractivity (Wildman–Crippen MR) is 126 cm³/mol. The highest BCUT2D eigenvalue weighted by molar-refractivity contribution is 9.10. The van der Waals surface area contributed by atoms with Crippen LogP contribution in [-0.2, 0) is 13.6 Å². The largest absolute Gasteiger partial charge is 0.381 e. The second-order valence-corrected chi connectivity index (χ2v) is 8.56. The molecule has 3 aromatic carbocycles. The number of nitrogens with zero attached hydrogens (tertiary/aromatic N) is 2.